The molecule has 0 spiro atoms. The van der Waals surface area contributed by atoms with Gasteiger partial charge in [0.2, 0.25) is 0 Å². The zero-order valence-electron chi connectivity index (χ0n) is 45.0. The van der Waals surface area contributed by atoms with Crippen molar-refractivity contribution in [3.8, 4) is 0 Å². The van der Waals surface area contributed by atoms with Crippen LogP contribution in [0.4, 0.5) is 0 Å². The minimum Gasteiger partial charge on any atom is -0.462 e. The van der Waals surface area contributed by atoms with Crippen molar-refractivity contribution in [3.63, 3.8) is 0 Å². The molecule has 0 amide bonds. The van der Waals surface area contributed by atoms with Crippen molar-refractivity contribution in [2.24, 2.45) is 0 Å². The Labute approximate surface area is 430 Å². The molecule has 394 valence electrons. The number of rotatable bonds is 49. The van der Waals surface area contributed by atoms with E-state index in [1.165, 1.54) is 57.8 Å². The standard InChI is InChI=1S/C64H102O6/c1-4-7-10-13-16-19-22-25-28-30-32-34-36-39-42-45-48-51-54-57-63(66)69-60-61(59-68-62(65)56-53-50-47-44-41-38-35-27-24-21-18-15-12-9-6-3)70-64(67)58-55-52-49-46-43-40-37-33-31-29-26-23-20-17-14-11-8-5-2/h7,9-10,12,15-21,23-29,31,33,35,37,61H,4-6,8,11,13-14,22,30,32,34,36,38-60H2,1-3H3/b10-7-,12-9-,18-15-,19-16-,20-17-,24-21-,26-23-,28-25-,31-29-,35-27-,37-33-. The van der Waals surface area contributed by atoms with Crippen LogP contribution in [0.5, 0.6) is 0 Å². The van der Waals surface area contributed by atoms with Gasteiger partial charge < -0.3 is 14.2 Å². The molecule has 6 nitrogen and oxygen atoms in total. The maximum Gasteiger partial charge on any atom is 0.306 e. The Morgan fingerprint density at radius 2 is 0.629 bits per heavy atom. The second-order valence-corrected chi connectivity index (χ2v) is 18.3. The molecule has 70 heavy (non-hydrogen) atoms. The van der Waals surface area contributed by atoms with E-state index in [0.717, 1.165) is 135 Å². The molecule has 0 aliphatic heterocycles. The van der Waals surface area contributed by atoms with Gasteiger partial charge in [-0.05, 0) is 96.3 Å². The van der Waals surface area contributed by atoms with Crippen LogP contribution in [-0.2, 0) is 28.6 Å². The van der Waals surface area contributed by atoms with Crippen LogP contribution < -0.4 is 0 Å². The molecule has 0 rings (SSSR count). The van der Waals surface area contributed by atoms with Gasteiger partial charge in [0.05, 0.1) is 0 Å². The van der Waals surface area contributed by atoms with Gasteiger partial charge in [-0.15, -0.1) is 0 Å². The van der Waals surface area contributed by atoms with Crippen molar-refractivity contribution >= 4 is 17.9 Å². The minimum atomic E-state index is -0.809. The van der Waals surface area contributed by atoms with Crippen LogP contribution in [-0.4, -0.2) is 37.2 Å². The van der Waals surface area contributed by atoms with Crippen LogP contribution in [0.3, 0.4) is 0 Å². The smallest absolute Gasteiger partial charge is 0.306 e. The summed E-state index contributed by atoms with van der Waals surface area (Å²) in [5, 5.41) is 0. The Hall–Kier alpha value is -4.45. The zero-order chi connectivity index (χ0) is 50.7. The van der Waals surface area contributed by atoms with Gasteiger partial charge in [-0.3, -0.25) is 14.4 Å². The molecule has 0 bridgehead atoms. The number of esters is 3. The van der Waals surface area contributed by atoms with Crippen LogP contribution in [0.2, 0.25) is 0 Å². The summed E-state index contributed by atoms with van der Waals surface area (Å²) in [6.07, 6.45) is 80.0. The SMILES string of the molecule is CC\C=C/C=C\C=C/C=C\CCCCCCCC(=O)OCC(COC(=O)CCCCCCCCCCC/C=C\C/C=C\C/C=C\CC)OC(=O)CCCCCCC\C=C/C=C\C=C/C=C\CCCCC. The van der Waals surface area contributed by atoms with E-state index in [9.17, 15) is 14.4 Å². The van der Waals surface area contributed by atoms with E-state index in [4.69, 9.17) is 14.2 Å². The molecule has 0 saturated carbocycles. The molecule has 0 saturated heterocycles. The summed E-state index contributed by atoms with van der Waals surface area (Å²) in [6, 6.07) is 0. The van der Waals surface area contributed by atoms with Crippen molar-refractivity contribution < 1.29 is 28.6 Å². The lowest BCUT2D eigenvalue weighted by Gasteiger charge is -2.18. The first kappa shape index (κ1) is 65.5. The molecule has 0 aliphatic rings. The Kier molecular flexibility index (Phi) is 53.5. The lowest BCUT2D eigenvalue weighted by molar-refractivity contribution is -0.167. The molecule has 0 aromatic carbocycles. The van der Waals surface area contributed by atoms with Crippen molar-refractivity contribution in [1.29, 1.82) is 0 Å². The highest BCUT2D eigenvalue weighted by Crippen LogP contribution is 2.14. The third kappa shape index (κ3) is 54.5. The third-order valence-electron chi connectivity index (χ3n) is 11.6. The average Bonchev–Trinajstić information content (AvgIpc) is 3.36. The van der Waals surface area contributed by atoms with Crippen molar-refractivity contribution in [3.05, 3.63) is 134 Å². The van der Waals surface area contributed by atoms with Gasteiger partial charge in [0.15, 0.2) is 6.10 Å². The molecule has 0 N–H and O–H groups in total. The maximum absolute atomic E-state index is 12.9. The zero-order valence-corrected chi connectivity index (χ0v) is 45.0. The molecular formula is C64H102O6. The fraction of sp³-hybridized carbons (Fsp3) is 0.609. The molecule has 0 radical (unpaired) electrons. The Balaban J connectivity index is 4.50. The molecule has 1 unspecified atom stereocenters. The van der Waals surface area contributed by atoms with Crippen LogP contribution in [0.15, 0.2) is 134 Å². The van der Waals surface area contributed by atoms with Crippen LogP contribution in [0.1, 0.15) is 233 Å². The van der Waals surface area contributed by atoms with Crippen LogP contribution in [0.25, 0.3) is 0 Å². The number of carbonyl (C=O) groups excluding carboxylic acids is 3. The van der Waals surface area contributed by atoms with E-state index in [2.05, 4.69) is 136 Å². The number of allylic oxidation sites excluding steroid dienone is 22. The number of carbonyl (C=O) groups is 3. The summed E-state index contributed by atoms with van der Waals surface area (Å²) >= 11 is 0. The molecular weight excluding hydrogens is 865 g/mol. The summed E-state index contributed by atoms with van der Waals surface area (Å²) in [7, 11) is 0. The van der Waals surface area contributed by atoms with Crippen molar-refractivity contribution in [1.82, 2.24) is 0 Å². The Morgan fingerprint density at radius 1 is 0.314 bits per heavy atom. The van der Waals surface area contributed by atoms with Gasteiger partial charge in [-0.2, -0.15) is 0 Å². The van der Waals surface area contributed by atoms with E-state index >= 15 is 0 Å². The minimum absolute atomic E-state index is 0.103. The third-order valence-corrected chi connectivity index (χ3v) is 11.6. The molecule has 0 aliphatic carbocycles. The first-order chi connectivity index (χ1) is 34.5. The van der Waals surface area contributed by atoms with Gasteiger partial charge in [-0.25, -0.2) is 0 Å². The van der Waals surface area contributed by atoms with Crippen LogP contribution in [0, 0.1) is 0 Å². The molecule has 1 atom stereocenters. The fourth-order valence-electron chi connectivity index (χ4n) is 7.36. The monoisotopic (exact) mass is 967 g/mol. The first-order valence-electron chi connectivity index (χ1n) is 28.3. The lowest BCUT2D eigenvalue weighted by atomic mass is 10.1. The van der Waals surface area contributed by atoms with Gasteiger partial charge >= 0.3 is 17.9 Å². The molecule has 6 heteroatoms. The highest BCUT2D eigenvalue weighted by Gasteiger charge is 2.19. The molecule has 0 heterocycles. The van der Waals surface area contributed by atoms with E-state index in [0.29, 0.717) is 19.3 Å². The van der Waals surface area contributed by atoms with E-state index in [1.54, 1.807) is 0 Å². The normalized spacial score (nSPS) is 13.1. The number of hydrogen-bond donors (Lipinski definition) is 0. The number of unbranched alkanes of at least 4 members (excludes halogenated alkanes) is 22. The predicted molar refractivity (Wildman–Crippen MR) is 302 cm³/mol. The van der Waals surface area contributed by atoms with Crippen molar-refractivity contribution in [2.45, 2.75) is 239 Å². The topological polar surface area (TPSA) is 78.9 Å². The Bertz CT molecular complexity index is 1530. The fourth-order valence-corrected chi connectivity index (χ4v) is 7.36. The quantitative estimate of drug-likeness (QED) is 0.0199. The average molecular weight is 968 g/mol. The molecule has 0 fully saturated rings. The van der Waals surface area contributed by atoms with Gasteiger partial charge in [0.25, 0.3) is 0 Å². The molecule has 0 aromatic heterocycles. The first-order valence-corrected chi connectivity index (χ1v) is 28.3. The largest absolute Gasteiger partial charge is 0.462 e. The van der Waals surface area contributed by atoms with E-state index < -0.39 is 6.10 Å². The summed E-state index contributed by atoms with van der Waals surface area (Å²) in [6.45, 7) is 6.30. The van der Waals surface area contributed by atoms with Crippen LogP contribution >= 0.6 is 0 Å². The highest BCUT2D eigenvalue weighted by atomic mass is 16.6. The maximum atomic E-state index is 12.9. The predicted octanol–water partition coefficient (Wildman–Crippen LogP) is 19.0. The second-order valence-electron chi connectivity index (χ2n) is 18.3. The summed E-state index contributed by atoms with van der Waals surface area (Å²) in [4.78, 5) is 38.2. The van der Waals surface area contributed by atoms with Gasteiger partial charge in [0, 0.05) is 19.3 Å². The summed E-state index contributed by atoms with van der Waals surface area (Å²) in [5.74, 6) is -0.959. The van der Waals surface area contributed by atoms with E-state index in [1.807, 2.05) is 18.2 Å². The summed E-state index contributed by atoms with van der Waals surface area (Å²) in [5.41, 5.74) is 0. The van der Waals surface area contributed by atoms with Gasteiger partial charge in [-0.1, -0.05) is 251 Å². The van der Waals surface area contributed by atoms with E-state index in [-0.39, 0.29) is 31.1 Å². The van der Waals surface area contributed by atoms with Crippen molar-refractivity contribution in [2.75, 3.05) is 13.2 Å². The van der Waals surface area contributed by atoms with Gasteiger partial charge in [0.1, 0.15) is 13.2 Å². The Morgan fingerprint density at radius 3 is 1.04 bits per heavy atom. The molecule has 0 aromatic rings. The number of hydrogen-bond acceptors (Lipinski definition) is 6. The lowest BCUT2D eigenvalue weighted by Crippen LogP contribution is -2.30. The summed E-state index contributed by atoms with van der Waals surface area (Å²) < 4.78 is 16.8. The highest BCUT2D eigenvalue weighted by molar-refractivity contribution is 5.71. The number of ether oxygens (including phenoxy) is 3. The second kappa shape index (κ2) is 57.1.